The number of halogens is 1. The zero-order valence-electron chi connectivity index (χ0n) is 16.8. The van der Waals surface area contributed by atoms with Crippen molar-refractivity contribution < 1.29 is 4.74 Å². The fourth-order valence-corrected chi connectivity index (χ4v) is 5.34. The molecule has 4 atom stereocenters. The van der Waals surface area contributed by atoms with E-state index < -0.39 is 0 Å². The first kappa shape index (κ1) is 20.3. The Morgan fingerprint density at radius 1 is 1.00 bits per heavy atom. The number of nitriles is 1. The molecule has 0 heterocycles. The van der Waals surface area contributed by atoms with Crippen molar-refractivity contribution in [3.63, 3.8) is 0 Å². The van der Waals surface area contributed by atoms with Crippen LogP contribution in [-0.4, -0.2) is 6.04 Å². The minimum Gasteiger partial charge on any atom is -0.484 e. The van der Waals surface area contributed by atoms with Crippen molar-refractivity contribution in [2.24, 2.45) is 17.6 Å². The van der Waals surface area contributed by atoms with Gasteiger partial charge in [0, 0.05) is 17.0 Å². The second-order valence-corrected chi connectivity index (χ2v) is 9.01. The maximum Gasteiger partial charge on any atom is 0.138 e. The van der Waals surface area contributed by atoms with Gasteiger partial charge in [-0.3, -0.25) is 0 Å². The Bertz CT molecular complexity index is 891. The molecule has 2 aliphatic carbocycles. The minimum absolute atomic E-state index is 0.0334. The third kappa shape index (κ3) is 4.60. The first-order chi connectivity index (χ1) is 14.2. The Morgan fingerprint density at radius 3 is 2.69 bits per heavy atom. The van der Waals surface area contributed by atoms with E-state index in [4.69, 9.17) is 22.1 Å². The molecule has 4 rings (SSSR count). The number of hydrogen-bond donors (Lipinski definition) is 1. The van der Waals surface area contributed by atoms with Crippen LogP contribution >= 0.6 is 11.6 Å². The predicted octanol–water partition coefficient (Wildman–Crippen LogP) is 6.19. The average molecular weight is 409 g/mol. The largest absolute Gasteiger partial charge is 0.484 e. The van der Waals surface area contributed by atoms with Crippen LogP contribution in [0.25, 0.3) is 0 Å². The lowest BCUT2D eigenvalue weighted by molar-refractivity contribution is 0.0666. The van der Waals surface area contributed by atoms with E-state index in [2.05, 4.69) is 30.3 Å². The molecule has 2 aromatic rings. The highest BCUT2D eigenvalue weighted by Crippen LogP contribution is 2.45. The number of nitrogens with zero attached hydrogens (tertiary/aromatic N) is 1. The van der Waals surface area contributed by atoms with Crippen LogP contribution in [0, 0.1) is 23.2 Å². The van der Waals surface area contributed by atoms with E-state index in [0.717, 1.165) is 25.7 Å². The highest BCUT2D eigenvalue weighted by Gasteiger charge is 2.37. The quantitative estimate of drug-likeness (QED) is 0.658. The van der Waals surface area contributed by atoms with Crippen LogP contribution in [0.2, 0.25) is 5.02 Å². The first-order valence-electron chi connectivity index (χ1n) is 10.9. The number of fused-ring (bicyclic) bond motifs is 1. The van der Waals surface area contributed by atoms with Gasteiger partial charge >= 0.3 is 0 Å². The smallest absolute Gasteiger partial charge is 0.138 e. The molecule has 29 heavy (non-hydrogen) atoms. The number of hydrogen-bond acceptors (Lipinski definition) is 3. The molecule has 3 nitrogen and oxygen atoms in total. The van der Waals surface area contributed by atoms with Crippen LogP contribution in [0.1, 0.15) is 67.7 Å². The van der Waals surface area contributed by atoms with Gasteiger partial charge in [0.25, 0.3) is 0 Å². The van der Waals surface area contributed by atoms with Gasteiger partial charge in [-0.05, 0) is 67.3 Å². The number of rotatable bonds is 3. The van der Waals surface area contributed by atoms with E-state index in [1.165, 1.54) is 36.8 Å². The third-order valence-electron chi connectivity index (χ3n) is 6.73. The molecule has 4 heteroatoms. The highest BCUT2D eigenvalue weighted by molar-refractivity contribution is 6.30. The molecule has 0 spiro atoms. The molecule has 2 N–H and O–H groups in total. The Balaban J connectivity index is 1.67. The summed E-state index contributed by atoms with van der Waals surface area (Å²) in [5, 5.41) is 10.1. The van der Waals surface area contributed by atoms with Crippen molar-refractivity contribution >= 4 is 11.6 Å². The predicted molar refractivity (Wildman–Crippen MR) is 117 cm³/mol. The molecule has 0 bridgehead atoms. The maximum absolute atomic E-state index is 9.58. The van der Waals surface area contributed by atoms with Crippen LogP contribution in [0.15, 0.2) is 42.5 Å². The maximum atomic E-state index is 9.58. The number of ether oxygens (including phenoxy) is 1. The summed E-state index contributed by atoms with van der Waals surface area (Å²) >= 11 is 6.10. The fourth-order valence-electron chi connectivity index (χ4n) is 5.16. The van der Waals surface area contributed by atoms with E-state index in [0.29, 0.717) is 34.2 Å². The first-order valence-corrected chi connectivity index (χ1v) is 11.2. The second kappa shape index (κ2) is 9.20. The summed E-state index contributed by atoms with van der Waals surface area (Å²) in [5.41, 5.74) is 9.44. The molecule has 1 saturated carbocycles. The molecule has 152 valence electrons. The van der Waals surface area contributed by atoms with Gasteiger partial charge in [-0.25, -0.2) is 0 Å². The normalized spacial score (nSPS) is 27.2. The SMILES string of the molecule is N#Cc1cc(Cl)ccc1OC1c2ccccc2CCC1C1CCCCC(N)CC1. The fraction of sp³-hybridized carbons (Fsp3) is 0.480. The molecule has 2 aromatic carbocycles. The van der Waals surface area contributed by atoms with Gasteiger partial charge in [-0.2, -0.15) is 5.26 Å². The van der Waals surface area contributed by atoms with E-state index in [1.54, 1.807) is 12.1 Å². The Hall–Kier alpha value is -2.02. The molecule has 0 saturated heterocycles. The summed E-state index contributed by atoms with van der Waals surface area (Å²) in [5.74, 6) is 1.68. The van der Waals surface area contributed by atoms with Gasteiger partial charge in [0.05, 0.1) is 5.56 Å². The molecular formula is C25H29ClN2O. The minimum atomic E-state index is -0.0334. The van der Waals surface area contributed by atoms with Crippen LogP contribution < -0.4 is 10.5 Å². The monoisotopic (exact) mass is 408 g/mol. The molecule has 4 unspecified atom stereocenters. The Labute approximate surface area is 178 Å². The third-order valence-corrected chi connectivity index (χ3v) is 6.96. The van der Waals surface area contributed by atoms with Crippen molar-refractivity contribution in [2.45, 2.75) is 63.5 Å². The highest BCUT2D eigenvalue weighted by atomic mass is 35.5. The van der Waals surface area contributed by atoms with Crippen LogP contribution in [0.3, 0.4) is 0 Å². The Morgan fingerprint density at radius 2 is 1.83 bits per heavy atom. The zero-order valence-corrected chi connectivity index (χ0v) is 17.6. The molecule has 0 radical (unpaired) electrons. The number of benzene rings is 2. The number of nitrogens with two attached hydrogens (primary N) is 1. The van der Waals surface area contributed by atoms with Crippen molar-refractivity contribution in [2.75, 3.05) is 0 Å². The van der Waals surface area contributed by atoms with Gasteiger partial charge < -0.3 is 10.5 Å². The molecule has 0 aliphatic heterocycles. The van der Waals surface area contributed by atoms with E-state index in [1.807, 2.05) is 6.07 Å². The van der Waals surface area contributed by atoms with Crippen molar-refractivity contribution in [1.29, 1.82) is 5.26 Å². The van der Waals surface area contributed by atoms with Gasteiger partial charge in [-0.15, -0.1) is 0 Å². The summed E-state index contributed by atoms with van der Waals surface area (Å²) in [4.78, 5) is 0. The Kier molecular flexibility index (Phi) is 6.43. The van der Waals surface area contributed by atoms with Crippen molar-refractivity contribution in [3.05, 3.63) is 64.2 Å². The lowest BCUT2D eigenvalue weighted by atomic mass is 9.70. The topological polar surface area (TPSA) is 59.0 Å². The molecule has 2 aliphatic rings. The van der Waals surface area contributed by atoms with E-state index in [-0.39, 0.29) is 6.10 Å². The van der Waals surface area contributed by atoms with Gasteiger partial charge in [0.15, 0.2) is 0 Å². The van der Waals surface area contributed by atoms with Crippen LogP contribution in [0.4, 0.5) is 0 Å². The molecule has 1 fully saturated rings. The average Bonchev–Trinajstić information content (AvgIpc) is 2.73. The summed E-state index contributed by atoms with van der Waals surface area (Å²) in [6.07, 6.45) is 9.30. The molecule has 0 amide bonds. The van der Waals surface area contributed by atoms with Crippen molar-refractivity contribution in [3.8, 4) is 11.8 Å². The number of aryl methyl sites for hydroxylation is 1. The summed E-state index contributed by atoms with van der Waals surface area (Å²) in [6, 6.07) is 16.5. The van der Waals surface area contributed by atoms with Gasteiger partial charge in [0.2, 0.25) is 0 Å². The lowest BCUT2D eigenvalue weighted by Gasteiger charge is -2.39. The second-order valence-electron chi connectivity index (χ2n) is 8.57. The van der Waals surface area contributed by atoms with Crippen LogP contribution in [0.5, 0.6) is 5.75 Å². The summed E-state index contributed by atoms with van der Waals surface area (Å²) in [7, 11) is 0. The molecular weight excluding hydrogens is 380 g/mol. The van der Waals surface area contributed by atoms with Gasteiger partial charge in [0.1, 0.15) is 17.9 Å². The lowest BCUT2D eigenvalue weighted by Crippen LogP contribution is -2.33. The standard InChI is InChI=1S/C25H29ClN2O/c26-20-11-14-24(19(15-20)16-27)29-25-22-8-4-2-6-18(22)10-13-23(25)17-5-1-3-7-21(28)12-9-17/h2,4,6,8,11,14-15,17,21,23,25H,1,3,5,7,9-10,12-13,28H2. The molecule has 0 aromatic heterocycles. The summed E-state index contributed by atoms with van der Waals surface area (Å²) in [6.45, 7) is 0. The van der Waals surface area contributed by atoms with Crippen LogP contribution in [-0.2, 0) is 6.42 Å². The van der Waals surface area contributed by atoms with E-state index in [9.17, 15) is 5.26 Å². The van der Waals surface area contributed by atoms with E-state index >= 15 is 0 Å². The van der Waals surface area contributed by atoms with Gasteiger partial charge in [-0.1, -0.05) is 55.1 Å². The van der Waals surface area contributed by atoms with Crippen molar-refractivity contribution in [1.82, 2.24) is 0 Å². The summed E-state index contributed by atoms with van der Waals surface area (Å²) < 4.78 is 6.61. The zero-order chi connectivity index (χ0) is 20.2.